The number of aromatic nitrogens is 1. The Morgan fingerprint density at radius 3 is 2.86 bits per heavy atom. The third-order valence-corrected chi connectivity index (χ3v) is 4.37. The van der Waals surface area contributed by atoms with E-state index in [9.17, 15) is 4.79 Å². The Morgan fingerprint density at radius 2 is 1.97 bits per heavy atom. The Labute approximate surface area is 168 Å². The number of carbonyl (C=O) groups excluding carboxylic acids is 1. The van der Waals surface area contributed by atoms with Crippen molar-refractivity contribution in [2.45, 2.75) is 13.5 Å². The summed E-state index contributed by atoms with van der Waals surface area (Å²) in [5.41, 5.74) is 2.15. The van der Waals surface area contributed by atoms with Crippen LogP contribution in [0.4, 0.5) is 11.5 Å². The average molecular weight is 391 g/mol. The number of carbonyl (C=O) groups is 1. The van der Waals surface area contributed by atoms with Gasteiger partial charge in [-0.05, 0) is 48.9 Å². The van der Waals surface area contributed by atoms with Crippen LogP contribution in [0.1, 0.15) is 22.8 Å². The van der Waals surface area contributed by atoms with Crippen molar-refractivity contribution in [1.82, 2.24) is 4.98 Å². The summed E-state index contributed by atoms with van der Waals surface area (Å²) in [6.45, 7) is 3.22. The van der Waals surface area contributed by atoms with Crippen molar-refractivity contribution < 1.29 is 19.0 Å². The van der Waals surface area contributed by atoms with Crippen LogP contribution in [0.15, 0.2) is 60.8 Å². The quantitative estimate of drug-likeness (QED) is 0.632. The number of nitrogens with zero attached hydrogens (tertiary/aromatic N) is 1. The first-order valence-electron chi connectivity index (χ1n) is 9.34. The molecule has 1 amide bonds. The molecule has 0 spiro atoms. The van der Waals surface area contributed by atoms with Crippen molar-refractivity contribution in [3.63, 3.8) is 0 Å². The molecule has 2 heterocycles. The van der Waals surface area contributed by atoms with E-state index in [1.807, 2.05) is 49.4 Å². The molecule has 0 bridgehead atoms. The van der Waals surface area contributed by atoms with E-state index in [2.05, 4.69) is 15.6 Å². The average Bonchev–Trinajstić information content (AvgIpc) is 3.22. The summed E-state index contributed by atoms with van der Waals surface area (Å²) in [6.07, 6.45) is 1.60. The standard InChI is InChI=1S/C22H21N3O4/c1-2-27-18-6-4-3-5-17(18)25-22(26)16-9-10-23-21(12-16)24-13-15-7-8-19-20(11-15)29-14-28-19/h3-12H,2,13-14H2,1H3,(H,23,24)(H,25,26). The lowest BCUT2D eigenvalue weighted by molar-refractivity contribution is 0.102. The zero-order valence-electron chi connectivity index (χ0n) is 16.0. The van der Waals surface area contributed by atoms with Crippen LogP contribution in [0.5, 0.6) is 17.2 Å². The second-order valence-corrected chi connectivity index (χ2v) is 6.35. The van der Waals surface area contributed by atoms with Gasteiger partial charge in [-0.1, -0.05) is 18.2 Å². The monoisotopic (exact) mass is 391 g/mol. The molecule has 0 unspecified atom stereocenters. The molecule has 0 radical (unpaired) electrons. The van der Waals surface area contributed by atoms with Crippen molar-refractivity contribution in [1.29, 1.82) is 0 Å². The van der Waals surface area contributed by atoms with Gasteiger partial charge in [0, 0.05) is 18.3 Å². The molecule has 0 aliphatic carbocycles. The van der Waals surface area contributed by atoms with E-state index in [4.69, 9.17) is 14.2 Å². The minimum absolute atomic E-state index is 0.231. The lowest BCUT2D eigenvalue weighted by atomic mass is 10.2. The first-order valence-corrected chi connectivity index (χ1v) is 9.34. The van der Waals surface area contributed by atoms with Crippen LogP contribution < -0.4 is 24.8 Å². The van der Waals surface area contributed by atoms with E-state index in [1.54, 1.807) is 18.3 Å². The second kappa shape index (κ2) is 8.52. The summed E-state index contributed by atoms with van der Waals surface area (Å²) in [4.78, 5) is 17.0. The lowest BCUT2D eigenvalue weighted by Gasteiger charge is -2.12. The number of hydrogen-bond acceptors (Lipinski definition) is 6. The molecule has 0 saturated carbocycles. The van der Waals surface area contributed by atoms with Gasteiger partial charge in [0.1, 0.15) is 11.6 Å². The van der Waals surface area contributed by atoms with E-state index < -0.39 is 0 Å². The van der Waals surface area contributed by atoms with E-state index in [0.717, 1.165) is 17.1 Å². The maximum Gasteiger partial charge on any atom is 0.255 e. The minimum Gasteiger partial charge on any atom is -0.492 e. The van der Waals surface area contributed by atoms with Crippen LogP contribution in [0.25, 0.3) is 0 Å². The first-order chi connectivity index (χ1) is 14.2. The molecular weight excluding hydrogens is 370 g/mol. The Bertz CT molecular complexity index is 1020. The SMILES string of the molecule is CCOc1ccccc1NC(=O)c1ccnc(NCc2ccc3c(c2)OCO3)c1. The molecule has 29 heavy (non-hydrogen) atoms. The fraction of sp³-hybridized carbons (Fsp3) is 0.182. The number of hydrogen-bond donors (Lipinski definition) is 2. The fourth-order valence-electron chi connectivity index (χ4n) is 2.96. The highest BCUT2D eigenvalue weighted by Crippen LogP contribution is 2.32. The number of para-hydroxylation sites is 2. The number of ether oxygens (including phenoxy) is 3. The maximum atomic E-state index is 12.7. The summed E-state index contributed by atoms with van der Waals surface area (Å²) in [6, 6.07) is 16.5. The smallest absolute Gasteiger partial charge is 0.255 e. The van der Waals surface area contributed by atoms with E-state index in [1.165, 1.54) is 0 Å². The zero-order valence-corrected chi connectivity index (χ0v) is 16.0. The highest BCUT2D eigenvalue weighted by atomic mass is 16.7. The molecule has 1 aliphatic rings. The largest absolute Gasteiger partial charge is 0.492 e. The second-order valence-electron chi connectivity index (χ2n) is 6.35. The van der Waals surface area contributed by atoms with Gasteiger partial charge in [-0.15, -0.1) is 0 Å². The number of fused-ring (bicyclic) bond motifs is 1. The Balaban J connectivity index is 1.42. The minimum atomic E-state index is -0.231. The molecule has 7 nitrogen and oxygen atoms in total. The summed E-state index contributed by atoms with van der Waals surface area (Å²) >= 11 is 0. The van der Waals surface area contributed by atoms with Crippen molar-refractivity contribution in [3.8, 4) is 17.2 Å². The van der Waals surface area contributed by atoms with E-state index >= 15 is 0 Å². The van der Waals surface area contributed by atoms with Gasteiger partial charge in [0.25, 0.3) is 5.91 Å². The summed E-state index contributed by atoms with van der Waals surface area (Å²) in [5.74, 6) is 2.49. The van der Waals surface area contributed by atoms with Crippen molar-refractivity contribution in [2.75, 3.05) is 24.0 Å². The van der Waals surface area contributed by atoms with E-state index in [-0.39, 0.29) is 12.7 Å². The Kier molecular flexibility index (Phi) is 5.47. The highest BCUT2D eigenvalue weighted by molar-refractivity contribution is 6.05. The first kappa shape index (κ1) is 18.6. The van der Waals surface area contributed by atoms with Gasteiger partial charge < -0.3 is 24.8 Å². The van der Waals surface area contributed by atoms with Crippen LogP contribution >= 0.6 is 0 Å². The van der Waals surface area contributed by atoms with Gasteiger partial charge in [-0.3, -0.25) is 4.79 Å². The predicted molar refractivity (Wildman–Crippen MR) is 110 cm³/mol. The molecule has 1 aromatic heterocycles. The van der Waals surface area contributed by atoms with Gasteiger partial charge in [0.2, 0.25) is 6.79 Å². The van der Waals surface area contributed by atoms with Crippen molar-refractivity contribution >= 4 is 17.4 Å². The van der Waals surface area contributed by atoms with Crippen LogP contribution in [0, 0.1) is 0 Å². The van der Waals surface area contributed by atoms with E-state index in [0.29, 0.717) is 36.0 Å². The molecular formula is C22H21N3O4. The molecule has 4 rings (SSSR count). The van der Waals surface area contributed by atoms with Gasteiger partial charge in [0.05, 0.1) is 12.3 Å². The Morgan fingerprint density at radius 1 is 1.10 bits per heavy atom. The highest BCUT2D eigenvalue weighted by Gasteiger charge is 2.14. The zero-order chi connectivity index (χ0) is 20.1. The molecule has 2 N–H and O–H groups in total. The molecule has 0 saturated heterocycles. The van der Waals surface area contributed by atoms with Crippen molar-refractivity contribution in [3.05, 3.63) is 71.9 Å². The number of anilines is 2. The molecule has 0 fully saturated rings. The number of benzene rings is 2. The normalized spacial score (nSPS) is 11.8. The molecule has 2 aromatic carbocycles. The third kappa shape index (κ3) is 4.40. The topological polar surface area (TPSA) is 81.7 Å². The van der Waals surface area contributed by atoms with Crippen LogP contribution in [-0.4, -0.2) is 24.3 Å². The number of pyridine rings is 1. The van der Waals surface area contributed by atoms with Crippen LogP contribution in [0.2, 0.25) is 0 Å². The van der Waals surface area contributed by atoms with Gasteiger partial charge in [-0.25, -0.2) is 4.98 Å². The molecule has 0 atom stereocenters. The number of rotatable bonds is 7. The van der Waals surface area contributed by atoms with Gasteiger partial charge in [-0.2, -0.15) is 0 Å². The summed E-state index contributed by atoms with van der Waals surface area (Å²) < 4.78 is 16.3. The molecule has 148 valence electrons. The summed E-state index contributed by atoms with van der Waals surface area (Å²) in [7, 11) is 0. The van der Waals surface area contributed by atoms with Crippen molar-refractivity contribution in [2.24, 2.45) is 0 Å². The third-order valence-electron chi connectivity index (χ3n) is 4.37. The lowest BCUT2D eigenvalue weighted by Crippen LogP contribution is -2.13. The van der Waals surface area contributed by atoms with Crippen LogP contribution in [-0.2, 0) is 6.54 Å². The maximum absolute atomic E-state index is 12.7. The van der Waals surface area contributed by atoms with Gasteiger partial charge in [0.15, 0.2) is 11.5 Å². The Hall–Kier alpha value is -3.74. The molecule has 7 heteroatoms. The van der Waals surface area contributed by atoms with Gasteiger partial charge >= 0.3 is 0 Å². The number of nitrogens with one attached hydrogen (secondary N) is 2. The van der Waals surface area contributed by atoms with Crippen LogP contribution in [0.3, 0.4) is 0 Å². The molecule has 3 aromatic rings. The number of amides is 1. The predicted octanol–water partition coefficient (Wildman–Crippen LogP) is 4.07. The molecule has 1 aliphatic heterocycles. The fourth-order valence-corrected chi connectivity index (χ4v) is 2.96. The summed E-state index contributed by atoms with van der Waals surface area (Å²) in [5, 5.41) is 6.12.